The van der Waals surface area contributed by atoms with Crippen LogP contribution in [-0.4, -0.2) is 50.8 Å². The summed E-state index contributed by atoms with van der Waals surface area (Å²) in [5, 5.41) is 9.36. The van der Waals surface area contributed by atoms with Crippen molar-refractivity contribution in [3.05, 3.63) is 83.9 Å². The molecule has 1 aliphatic carbocycles. The number of anilines is 2. The van der Waals surface area contributed by atoms with Crippen LogP contribution in [0.3, 0.4) is 0 Å². The fourth-order valence-electron chi connectivity index (χ4n) is 5.66. The lowest BCUT2D eigenvalue weighted by atomic mass is 9.91. The zero-order chi connectivity index (χ0) is 28.1. The highest BCUT2D eigenvalue weighted by Crippen LogP contribution is 2.45. The summed E-state index contributed by atoms with van der Waals surface area (Å²) in [5.41, 5.74) is 3.46. The van der Waals surface area contributed by atoms with E-state index in [-0.39, 0.29) is 18.2 Å². The van der Waals surface area contributed by atoms with Gasteiger partial charge in [0.05, 0.1) is 31.4 Å². The Morgan fingerprint density at radius 1 is 0.950 bits per heavy atom. The average Bonchev–Trinajstić information content (AvgIpc) is 3.84. The molecule has 1 heterocycles. The highest BCUT2D eigenvalue weighted by Gasteiger charge is 2.34. The van der Waals surface area contributed by atoms with Gasteiger partial charge in [0.1, 0.15) is 11.5 Å². The monoisotopic (exact) mass is 542 g/mol. The Morgan fingerprint density at radius 3 is 2.38 bits per heavy atom. The molecule has 7 heteroatoms. The summed E-state index contributed by atoms with van der Waals surface area (Å²) in [7, 11) is 3.45. The molecule has 1 amide bonds. The van der Waals surface area contributed by atoms with Crippen LogP contribution in [0.1, 0.15) is 53.9 Å². The van der Waals surface area contributed by atoms with Crippen LogP contribution in [0.4, 0.5) is 11.4 Å². The molecule has 5 rings (SSSR count). The van der Waals surface area contributed by atoms with Gasteiger partial charge in [-0.15, -0.1) is 0 Å². The number of rotatable bonds is 11. The van der Waals surface area contributed by atoms with Gasteiger partial charge in [0.2, 0.25) is 0 Å². The van der Waals surface area contributed by atoms with Gasteiger partial charge < -0.3 is 24.4 Å². The van der Waals surface area contributed by atoms with Gasteiger partial charge in [-0.1, -0.05) is 30.3 Å². The maximum Gasteiger partial charge on any atom is 0.303 e. The Kier molecular flexibility index (Phi) is 8.58. The number of benzene rings is 3. The Bertz CT molecular complexity index is 1320. The number of carboxylic acid groups (broad SMARTS) is 1. The van der Waals surface area contributed by atoms with Gasteiger partial charge in [-0.2, -0.15) is 0 Å². The summed E-state index contributed by atoms with van der Waals surface area (Å²) in [4.78, 5) is 28.9. The third kappa shape index (κ3) is 6.58. The Labute approximate surface area is 236 Å². The second-order valence-electron chi connectivity index (χ2n) is 10.9. The topological polar surface area (TPSA) is 79.3 Å². The molecule has 1 atom stereocenters. The van der Waals surface area contributed by atoms with Gasteiger partial charge >= 0.3 is 5.97 Å². The molecule has 1 saturated heterocycles. The molecule has 2 aliphatic rings. The molecule has 210 valence electrons. The van der Waals surface area contributed by atoms with E-state index < -0.39 is 5.97 Å². The second-order valence-corrected chi connectivity index (χ2v) is 10.9. The molecular formula is C33H38N2O5. The molecule has 1 N–H and O–H groups in total. The normalized spacial score (nSPS) is 16.3. The van der Waals surface area contributed by atoms with Crippen LogP contribution >= 0.6 is 0 Å². The van der Waals surface area contributed by atoms with Crippen LogP contribution in [0.2, 0.25) is 0 Å². The maximum absolute atomic E-state index is 13.5. The summed E-state index contributed by atoms with van der Waals surface area (Å²) in [6.07, 6.45) is 4.27. The number of ether oxygens (including phenoxy) is 2. The summed E-state index contributed by atoms with van der Waals surface area (Å²) < 4.78 is 11.7. The van der Waals surface area contributed by atoms with E-state index in [9.17, 15) is 14.7 Å². The van der Waals surface area contributed by atoms with Gasteiger partial charge in [0.25, 0.3) is 5.91 Å². The van der Waals surface area contributed by atoms with Crippen LogP contribution in [0.15, 0.2) is 72.8 Å². The first-order valence-corrected chi connectivity index (χ1v) is 14.1. The lowest BCUT2D eigenvalue weighted by molar-refractivity contribution is -0.137. The minimum absolute atomic E-state index is 0.0541. The number of hydrogen-bond donors (Lipinski definition) is 1. The highest BCUT2D eigenvalue weighted by molar-refractivity contribution is 6.09. The summed E-state index contributed by atoms with van der Waals surface area (Å²) in [6.45, 7) is 2.25. The SMILES string of the molecule is COc1ccc(C(=O)N(C)c2ccccc2)c(N2CCC(COc3cccc(C(CC(=O)O)C4CC4)c3)CC2)c1. The first-order chi connectivity index (χ1) is 19.4. The zero-order valence-corrected chi connectivity index (χ0v) is 23.3. The minimum atomic E-state index is -0.748. The molecule has 0 spiro atoms. The van der Waals surface area contributed by atoms with Crippen molar-refractivity contribution in [1.29, 1.82) is 0 Å². The number of piperidine rings is 1. The van der Waals surface area contributed by atoms with Crippen molar-refractivity contribution in [1.82, 2.24) is 0 Å². The van der Waals surface area contributed by atoms with Crippen molar-refractivity contribution >= 4 is 23.3 Å². The van der Waals surface area contributed by atoms with E-state index in [4.69, 9.17) is 9.47 Å². The third-order valence-corrected chi connectivity index (χ3v) is 8.20. The fourth-order valence-corrected chi connectivity index (χ4v) is 5.66. The van der Waals surface area contributed by atoms with Gasteiger partial charge in [-0.05, 0) is 85.4 Å². The van der Waals surface area contributed by atoms with Crippen molar-refractivity contribution < 1.29 is 24.2 Å². The van der Waals surface area contributed by atoms with Crippen LogP contribution < -0.4 is 19.3 Å². The molecule has 3 aromatic rings. The largest absolute Gasteiger partial charge is 0.497 e. The van der Waals surface area contributed by atoms with Crippen molar-refractivity contribution in [3.63, 3.8) is 0 Å². The van der Waals surface area contributed by atoms with E-state index in [2.05, 4.69) is 4.90 Å². The lowest BCUT2D eigenvalue weighted by Gasteiger charge is -2.35. The van der Waals surface area contributed by atoms with Crippen LogP contribution in [-0.2, 0) is 4.79 Å². The Hall–Kier alpha value is -4.00. The quantitative estimate of drug-likeness (QED) is 0.309. The molecule has 0 aromatic heterocycles. The number of methoxy groups -OCH3 is 1. The number of aliphatic carboxylic acids is 1. The minimum Gasteiger partial charge on any atom is -0.497 e. The second kappa shape index (κ2) is 12.5. The molecule has 2 fully saturated rings. The molecule has 0 bridgehead atoms. The van der Waals surface area contributed by atoms with Gasteiger partial charge in [0, 0.05) is 31.9 Å². The van der Waals surface area contributed by atoms with Gasteiger partial charge in [-0.3, -0.25) is 9.59 Å². The van der Waals surface area contributed by atoms with Crippen LogP contribution in [0, 0.1) is 11.8 Å². The number of carbonyl (C=O) groups is 2. The standard InChI is InChI=1S/C33H38N2O5/c1-34(26-8-4-3-5-9-26)33(38)29-14-13-27(39-2)20-31(29)35-17-15-23(16-18-35)22-40-28-10-6-7-25(19-28)30(21-32(36)37)24-11-12-24/h3-10,13-14,19-20,23-24,30H,11-12,15-18,21-22H2,1-2H3,(H,36,37). The summed E-state index contributed by atoms with van der Waals surface area (Å²) in [6, 6.07) is 23.3. The van der Waals surface area contributed by atoms with Gasteiger partial charge in [-0.25, -0.2) is 0 Å². The van der Waals surface area contributed by atoms with Crippen molar-refractivity contribution in [2.75, 3.05) is 43.7 Å². The van der Waals surface area contributed by atoms with E-state index >= 15 is 0 Å². The molecule has 1 saturated carbocycles. The van der Waals surface area contributed by atoms with Crippen LogP contribution in [0.5, 0.6) is 11.5 Å². The van der Waals surface area contributed by atoms with E-state index in [1.807, 2.05) is 72.8 Å². The predicted octanol–water partition coefficient (Wildman–Crippen LogP) is 6.24. The number of hydrogen-bond acceptors (Lipinski definition) is 5. The van der Waals surface area contributed by atoms with Crippen LogP contribution in [0.25, 0.3) is 0 Å². The maximum atomic E-state index is 13.5. The van der Waals surface area contributed by atoms with E-state index in [1.54, 1.807) is 19.1 Å². The summed E-state index contributed by atoms with van der Waals surface area (Å²) in [5.74, 6) is 1.66. The fraction of sp³-hybridized carbons (Fsp3) is 0.394. The lowest BCUT2D eigenvalue weighted by Crippen LogP contribution is -2.37. The average molecular weight is 543 g/mol. The smallest absolute Gasteiger partial charge is 0.303 e. The van der Waals surface area contributed by atoms with Gasteiger partial charge in [0.15, 0.2) is 0 Å². The molecule has 40 heavy (non-hydrogen) atoms. The zero-order valence-electron chi connectivity index (χ0n) is 23.3. The number of carboxylic acids is 1. The van der Waals surface area contributed by atoms with E-state index in [0.29, 0.717) is 24.0 Å². The summed E-state index contributed by atoms with van der Waals surface area (Å²) >= 11 is 0. The number of para-hydroxylation sites is 1. The number of carbonyl (C=O) groups excluding carboxylic acids is 1. The van der Waals surface area contributed by atoms with Crippen molar-refractivity contribution in [2.45, 2.75) is 38.0 Å². The molecule has 1 unspecified atom stereocenters. The predicted molar refractivity (Wildman–Crippen MR) is 157 cm³/mol. The Morgan fingerprint density at radius 2 is 1.70 bits per heavy atom. The van der Waals surface area contributed by atoms with E-state index in [0.717, 1.165) is 67.2 Å². The molecule has 1 aliphatic heterocycles. The van der Waals surface area contributed by atoms with Crippen molar-refractivity contribution in [3.8, 4) is 11.5 Å². The Balaban J connectivity index is 1.22. The van der Waals surface area contributed by atoms with Crippen molar-refractivity contribution in [2.24, 2.45) is 11.8 Å². The molecule has 7 nitrogen and oxygen atoms in total. The molecular weight excluding hydrogens is 504 g/mol. The number of nitrogens with zero attached hydrogens (tertiary/aromatic N) is 2. The third-order valence-electron chi connectivity index (χ3n) is 8.20. The first kappa shape index (κ1) is 27.6. The molecule has 0 radical (unpaired) electrons. The molecule has 3 aromatic carbocycles. The van der Waals surface area contributed by atoms with E-state index in [1.165, 1.54) is 0 Å². The highest BCUT2D eigenvalue weighted by atomic mass is 16.5. The number of amides is 1. The first-order valence-electron chi connectivity index (χ1n) is 14.1.